The van der Waals surface area contributed by atoms with Gasteiger partial charge in [-0.3, -0.25) is 9.69 Å². The maximum Gasteiger partial charge on any atom is 0.266 e. The summed E-state index contributed by atoms with van der Waals surface area (Å²) in [5.74, 6) is 1.18. The van der Waals surface area contributed by atoms with E-state index in [9.17, 15) is 4.79 Å². The molecular formula is C26H23NO3S2. The van der Waals surface area contributed by atoms with Gasteiger partial charge in [-0.25, -0.2) is 0 Å². The summed E-state index contributed by atoms with van der Waals surface area (Å²) >= 11 is 6.77. The van der Waals surface area contributed by atoms with Gasteiger partial charge in [-0.05, 0) is 41.8 Å². The number of amides is 1. The zero-order chi connectivity index (χ0) is 22.5. The standard InChI is InChI=1S/C26H23NO3S2/c1-18(21-11-7-4-8-12-21)30-22-14-13-20(15-23(22)29-2)16-24-25(28)27(26(31)32-24)17-19-9-5-3-6-10-19/h3-16,18H,17H2,1-2H3. The van der Waals surface area contributed by atoms with Crippen LogP contribution in [0.1, 0.15) is 29.7 Å². The Morgan fingerprint density at radius 3 is 2.38 bits per heavy atom. The van der Waals surface area contributed by atoms with Gasteiger partial charge in [0.25, 0.3) is 5.91 Å². The summed E-state index contributed by atoms with van der Waals surface area (Å²) < 4.78 is 12.2. The van der Waals surface area contributed by atoms with E-state index < -0.39 is 0 Å². The highest BCUT2D eigenvalue weighted by molar-refractivity contribution is 8.26. The maximum absolute atomic E-state index is 12.9. The number of rotatable bonds is 7. The third-order valence-corrected chi connectivity index (χ3v) is 6.49. The SMILES string of the molecule is COc1cc(C=C2SC(=S)N(Cc3ccccc3)C2=O)ccc1OC(C)c1ccccc1. The summed E-state index contributed by atoms with van der Waals surface area (Å²) in [6.45, 7) is 2.47. The molecule has 1 fully saturated rings. The first kappa shape index (κ1) is 22.1. The Kier molecular flexibility index (Phi) is 6.93. The second kappa shape index (κ2) is 10.0. The molecule has 0 spiro atoms. The number of ether oxygens (including phenoxy) is 2. The maximum atomic E-state index is 12.9. The van der Waals surface area contributed by atoms with Gasteiger partial charge in [0.15, 0.2) is 11.5 Å². The van der Waals surface area contributed by atoms with Crippen molar-refractivity contribution in [1.82, 2.24) is 4.90 Å². The van der Waals surface area contributed by atoms with E-state index in [1.54, 1.807) is 12.0 Å². The second-order valence-electron chi connectivity index (χ2n) is 7.33. The van der Waals surface area contributed by atoms with E-state index in [1.807, 2.05) is 91.9 Å². The van der Waals surface area contributed by atoms with Gasteiger partial charge in [0.2, 0.25) is 0 Å². The van der Waals surface area contributed by atoms with Crippen molar-refractivity contribution in [2.75, 3.05) is 7.11 Å². The Labute approximate surface area is 197 Å². The van der Waals surface area contributed by atoms with Gasteiger partial charge in [0, 0.05) is 0 Å². The molecular weight excluding hydrogens is 438 g/mol. The van der Waals surface area contributed by atoms with Crippen molar-refractivity contribution in [3.63, 3.8) is 0 Å². The predicted octanol–water partition coefficient (Wildman–Crippen LogP) is 6.24. The zero-order valence-electron chi connectivity index (χ0n) is 17.9. The number of carbonyl (C=O) groups excluding carboxylic acids is 1. The monoisotopic (exact) mass is 461 g/mol. The van der Waals surface area contributed by atoms with Crippen molar-refractivity contribution in [3.8, 4) is 11.5 Å². The summed E-state index contributed by atoms with van der Waals surface area (Å²) in [6.07, 6.45) is 1.72. The molecule has 6 heteroatoms. The molecule has 1 aliphatic rings. The number of thiocarbonyl (C=S) groups is 1. The van der Waals surface area contributed by atoms with Crippen LogP contribution in [0.2, 0.25) is 0 Å². The molecule has 0 N–H and O–H groups in total. The van der Waals surface area contributed by atoms with Crippen LogP contribution in [0.5, 0.6) is 11.5 Å². The topological polar surface area (TPSA) is 38.8 Å². The fraction of sp³-hybridized carbons (Fsp3) is 0.154. The highest BCUT2D eigenvalue weighted by Crippen LogP contribution is 2.36. The average molecular weight is 462 g/mol. The van der Waals surface area contributed by atoms with Crippen LogP contribution in [0.15, 0.2) is 83.8 Å². The molecule has 1 amide bonds. The lowest BCUT2D eigenvalue weighted by molar-refractivity contribution is -0.122. The van der Waals surface area contributed by atoms with Crippen LogP contribution in [-0.2, 0) is 11.3 Å². The van der Waals surface area contributed by atoms with E-state index in [-0.39, 0.29) is 12.0 Å². The van der Waals surface area contributed by atoms with Crippen molar-refractivity contribution in [2.45, 2.75) is 19.6 Å². The minimum absolute atomic E-state index is 0.0825. The van der Waals surface area contributed by atoms with Crippen LogP contribution in [0, 0.1) is 0 Å². The molecule has 1 heterocycles. The van der Waals surface area contributed by atoms with Gasteiger partial charge in [0.1, 0.15) is 10.4 Å². The Morgan fingerprint density at radius 2 is 1.69 bits per heavy atom. The van der Waals surface area contributed by atoms with E-state index in [1.165, 1.54) is 11.8 Å². The van der Waals surface area contributed by atoms with Crippen LogP contribution in [0.3, 0.4) is 0 Å². The summed E-state index contributed by atoms with van der Waals surface area (Å²) in [6, 6.07) is 25.5. The van der Waals surface area contributed by atoms with Gasteiger partial charge in [-0.2, -0.15) is 0 Å². The molecule has 1 atom stereocenters. The van der Waals surface area contributed by atoms with E-state index in [0.717, 1.165) is 16.7 Å². The lowest BCUT2D eigenvalue weighted by atomic mass is 10.1. The molecule has 162 valence electrons. The molecule has 0 radical (unpaired) electrons. The largest absolute Gasteiger partial charge is 0.493 e. The Bertz CT molecular complexity index is 1150. The Hall–Kier alpha value is -3.09. The van der Waals surface area contributed by atoms with Gasteiger partial charge in [0.05, 0.1) is 18.6 Å². The van der Waals surface area contributed by atoms with Gasteiger partial charge in [-0.15, -0.1) is 0 Å². The molecule has 0 aliphatic carbocycles. The van der Waals surface area contributed by atoms with Crippen molar-refractivity contribution in [1.29, 1.82) is 0 Å². The van der Waals surface area contributed by atoms with Crippen LogP contribution in [0.25, 0.3) is 6.08 Å². The fourth-order valence-electron chi connectivity index (χ4n) is 3.41. The van der Waals surface area contributed by atoms with Crippen molar-refractivity contribution in [3.05, 3.63) is 100 Å². The summed E-state index contributed by atoms with van der Waals surface area (Å²) in [7, 11) is 1.61. The number of hydrogen-bond acceptors (Lipinski definition) is 5. The minimum atomic E-state index is -0.120. The first-order valence-electron chi connectivity index (χ1n) is 10.2. The molecule has 4 rings (SSSR count). The number of hydrogen-bond donors (Lipinski definition) is 0. The molecule has 32 heavy (non-hydrogen) atoms. The zero-order valence-corrected chi connectivity index (χ0v) is 19.5. The van der Waals surface area contributed by atoms with Crippen molar-refractivity contribution < 1.29 is 14.3 Å². The van der Waals surface area contributed by atoms with E-state index in [4.69, 9.17) is 21.7 Å². The molecule has 3 aromatic rings. The fourth-order valence-corrected chi connectivity index (χ4v) is 4.66. The molecule has 0 aromatic heterocycles. The van der Waals surface area contributed by atoms with Gasteiger partial charge in [-0.1, -0.05) is 90.7 Å². The van der Waals surface area contributed by atoms with Crippen molar-refractivity contribution in [2.24, 2.45) is 0 Å². The first-order chi connectivity index (χ1) is 15.5. The lowest BCUT2D eigenvalue weighted by Gasteiger charge is -2.17. The number of thioether (sulfide) groups is 1. The minimum Gasteiger partial charge on any atom is -0.493 e. The third-order valence-electron chi connectivity index (χ3n) is 5.12. The summed E-state index contributed by atoms with van der Waals surface area (Å²) in [5, 5.41) is 0. The second-order valence-corrected chi connectivity index (χ2v) is 9.01. The first-order valence-corrected chi connectivity index (χ1v) is 11.5. The van der Waals surface area contributed by atoms with E-state index in [2.05, 4.69) is 0 Å². The van der Waals surface area contributed by atoms with Crippen LogP contribution >= 0.6 is 24.0 Å². The van der Waals surface area contributed by atoms with Crippen LogP contribution < -0.4 is 9.47 Å². The molecule has 0 bridgehead atoms. The van der Waals surface area contributed by atoms with Gasteiger partial charge >= 0.3 is 0 Å². The number of benzene rings is 3. The van der Waals surface area contributed by atoms with Gasteiger partial charge < -0.3 is 9.47 Å². The highest BCUT2D eigenvalue weighted by atomic mass is 32.2. The number of methoxy groups -OCH3 is 1. The molecule has 4 nitrogen and oxygen atoms in total. The Balaban J connectivity index is 1.51. The summed E-state index contributed by atoms with van der Waals surface area (Å²) in [4.78, 5) is 15.2. The molecule has 1 saturated heterocycles. The highest BCUT2D eigenvalue weighted by Gasteiger charge is 2.32. The Morgan fingerprint density at radius 1 is 1.00 bits per heavy atom. The van der Waals surface area contributed by atoms with E-state index >= 15 is 0 Å². The van der Waals surface area contributed by atoms with Crippen LogP contribution in [0.4, 0.5) is 0 Å². The van der Waals surface area contributed by atoms with Crippen molar-refractivity contribution >= 4 is 40.3 Å². The molecule has 0 saturated carbocycles. The van der Waals surface area contributed by atoms with E-state index in [0.29, 0.717) is 27.3 Å². The quantitative estimate of drug-likeness (QED) is 0.308. The third kappa shape index (κ3) is 5.03. The number of carbonyl (C=O) groups is 1. The predicted molar refractivity (Wildman–Crippen MR) is 134 cm³/mol. The molecule has 3 aromatic carbocycles. The number of nitrogens with zero attached hydrogens (tertiary/aromatic N) is 1. The lowest BCUT2D eigenvalue weighted by Crippen LogP contribution is -2.27. The average Bonchev–Trinajstić information content (AvgIpc) is 3.08. The normalized spacial score (nSPS) is 15.8. The molecule has 1 aliphatic heterocycles. The van der Waals surface area contributed by atoms with Crippen LogP contribution in [-0.4, -0.2) is 22.2 Å². The summed E-state index contributed by atoms with van der Waals surface area (Å²) in [5.41, 5.74) is 2.98. The molecule has 1 unspecified atom stereocenters. The smallest absolute Gasteiger partial charge is 0.266 e.